The van der Waals surface area contributed by atoms with Gasteiger partial charge in [0.2, 0.25) is 0 Å². The average molecular weight is 190 g/mol. The Kier molecular flexibility index (Phi) is 3.34. The SMILES string of the molecule is C=C(C)COc1c(C)cc(C)cc1C. The van der Waals surface area contributed by atoms with Crippen LogP contribution in [0.25, 0.3) is 0 Å². The second-order valence-electron chi connectivity index (χ2n) is 3.97. The summed E-state index contributed by atoms with van der Waals surface area (Å²) in [6.07, 6.45) is 0. The molecule has 76 valence electrons. The summed E-state index contributed by atoms with van der Waals surface area (Å²) < 4.78 is 5.68. The Hall–Kier alpha value is -1.24. The molecular weight excluding hydrogens is 172 g/mol. The largest absolute Gasteiger partial charge is 0.489 e. The van der Waals surface area contributed by atoms with E-state index in [0.29, 0.717) is 6.61 Å². The lowest BCUT2D eigenvalue weighted by atomic mass is 10.1. The van der Waals surface area contributed by atoms with E-state index in [1.54, 1.807) is 0 Å². The molecule has 1 rings (SSSR count). The van der Waals surface area contributed by atoms with Crippen LogP contribution in [-0.4, -0.2) is 6.61 Å². The molecule has 0 unspecified atom stereocenters. The first kappa shape index (κ1) is 10.8. The zero-order valence-corrected chi connectivity index (χ0v) is 9.48. The minimum Gasteiger partial charge on any atom is -0.489 e. The molecule has 0 aromatic heterocycles. The molecule has 14 heavy (non-hydrogen) atoms. The molecule has 1 nitrogen and oxygen atoms in total. The van der Waals surface area contributed by atoms with Crippen LogP contribution >= 0.6 is 0 Å². The summed E-state index contributed by atoms with van der Waals surface area (Å²) in [5.74, 6) is 0.999. The highest BCUT2D eigenvalue weighted by Crippen LogP contribution is 2.24. The van der Waals surface area contributed by atoms with E-state index in [-0.39, 0.29) is 0 Å². The third-order valence-corrected chi connectivity index (χ3v) is 2.07. The van der Waals surface area contributed by atoms with Gasteiger partial charge in [-0.15, -0.1) is 0 Å². The molecule has 0 saturated heterocycles. The Morgan fingerprint density at radius 1 is 1.21 bits per heavy atom. The lowest BCUT2D eigenvalue weighted by molar-refractivity contribution is 0.347. The van der Waals surface area contributed by atoms with Gasteiger partial charge in [0.1, 0.15) is 12.4 Å². The van der Waals surface area contributed by atoms with Crippen molar-refractivity contribution in [2.45, 2.75) is 27.7 Å². The first-order valence-electron chi connectivity index (χ1n) is 4.85. The Morgan fingerprint density at radius 2 is 1.71 bits per heavy atom. The van der Waals surface area contributed by atoms with E-state index < -0.39 is 0 Å². The van der Waals surface area contributed by atoms with E-state index in [2.05, 4.69) is 39.5 Å². The van der Waals surface area contributed by atoms with Gasteiger partial charge < -0.3 is 4.74 Å². The summed E-state index contributed by atoms with van der Waals surface area (Å²) in [5.41, 5.74) is 4.72. The molecule has 0 spiro atoms. The number of hydrogen-bond donors (Lipinski definition) is 0. The van der Waals surface area contributed by atoms with Crippen molar-refractivity contribution >= 4 is 0 Å². The van der Waals surface area contributed by atoms with Gasteiger partial charge >= 0.3 is 0 Å². The van der Waals surface area contributed by atoms with Gasteiger partial charge in [0.25, 0.3) is 0 Å². The monoisotopic (exact) mass is 190 g/mol. The minimum atomic E-state index is 0.602. The van der Waals surface area contributed by atoms with Crippen LogP contribution in [0.3, 0.4) is 0 Å². The van der Waals surface area contributed by atoms with Gasteiger partial charge in [-0.3, -0.25) is 0 Å². The molecule has 1 aromatic rings. The van der Waals surface area contributed by atoms with Crippen LogP contribution < -0.4 is 4.74 Å². The fraction of sp³-hybridized carbons (Fsp3) is 0.385. The quantitative estimate of drug-likeness (QED) is 0.662. The molecule has 0 saturated carbocycles. The third kappa shape index (κ3) is 2.63. The molecule has 0 N–H and O–H groups in total. The molecule has 0 atom stereocenters. The van der Waals surface area contributed by atoms with E-state index >= 15 is 0 Å². The third-order valence-electron chi connectivity index (χ3n) is 2.07. The summed E-state index contributed by atoms with van der Waals surface area (Å²) in [7, 11) is 0. The molecule has 0 amide bonds. The number of aryl methyl sites for hydroxylation is 3. The fourth-order valence-electron chi connectivity index (χ4n) is 1.59. The highest BCUT2D eigenvalue weighted by molar-refractivity contribution is 5.43. The smallest absolute Gasteiger partial charge is 0.125 e. The van der Waals surface area contributed by atoms with Gasteiger partial charge in [0, 0.05) is 0 Å². The molecule has 1 aromatic carbocycles. The van der Waals surface area contributed by atoms with E-state index in [1.165, 1.54) is 16.7 Å². The van der Waals surface area contributed by atoms with Crippen LogP contribution in [0.4, 0.5) is 0 Å². The van der Waals surface area contributed by atoms with Crippen LogP contribution in [0.1, 0.15) is 23.6 Å². The summed E-state index contributed by atoms with van der Waals surface area (Å²) in [6.45, 7) is 12.6. The van der Waals surface area contributed by atoms with Gasteiger partial charge in [-0.2, -0.15) is 0 Å². The van der Waals surface area contributed by atoms with Crippen LogP contribution in [0.5, 0.6) is 5.75 Å². The second kappa shape index (κ2) is 4.32. The van der Waals surface area contributed by atoms with Gasteiger partial charge in [-0.1, -0.05) is 24.3 Å². The van der Waals surface area contributed by atoms with E-state index in [1.807, 2.05) is 6.92 Å². The van der Waals surface area contributed by atoms with Crippen LogP contribution in [0.2, 0.25) is 0 Å². The topological polar surface area (TPSA) is 9.23 Å². The summed E-state index contributed by atoms with van der Waals surface area (Å²) >= 11 is 0. The standard InChI is InChI=1S/C13H18O/c1-9(2)8-14-13-11(4)6-10(3)7-12(13)5/h6-7H,1,8H2,2-5H3. The normalized spacial score (nSPS) is 10.0. The predicted molar refractivity (Wildman–Crippen MR) is 61.0 cm³/mol. The number of ether oxygens (including phenoxy) is 1. The van der Waals surface area contributed by atoms with Crippen molar-refractivity contribution in [1.29, 1.82) is 0 Å². The van der Waals surface area contributed by atoms with Crippen molar-refractivity contribution in [2.24, 2.45) is 0 Å². The summed E-state index contributed by atoms with van der Waals surface area (Å²) in [6, 6.07) is 4.28. The fourth-order valence-corrected chi connectivity index (χ4v) is 1.59. The number of rotatable bonds is 3. The molecule has 0 fully saturated rings. The summed E-state index contributed by atoms with van der Waals surface area (Å²) in [5, 5.41) is 0. The summed E-state index contributed by atoms with van der Waals surface area (Å²) in [4.78, 5) is 0. The molecule has 1 heteroatoms. The Labute approximate surface area is 86.4 Å². The van der Waals surface area contributed by atoms with E-state index in [0.717, 1.165) is 11.3 Å². The van der Waals surface area contributed by atoms with Crippen molar-refractivity contribution in [3.8, 4) is 5.75 Å². The van der Waals surface area contributed by atoms with Crippen LogP contribution in [-0.2, 0) is 0 Å². The lowest BCUT2D eigenvalue weighted by Gasteiger charge is -2.12. The molecule has 0 bridgehead atoms. The molecule has 0 aliphatic rings. The highest BCUT2D eigenvalue weighted by atomic mass is 16.5. The lowest BCUT2D eigenvalue weighted by Crippen LogP contribution is -2.01. The van der Waals surface area contributed by atoms with Crippen LogP contribution in [0.15, 0.2) is 24.3 Å². The first-order valence-corrected chi connectivity index (χ1v) is 4.85. The van der Waals surface area contributed by atoms with Crippen molar-refractivity contribution in [3.63, 3.8) is 0 Å². The second-order valence-corrected chi connectivity index (χ2v) is 3.97. The van der Waals surface area contributed by atoms with Crippen molar-refractivity contribution < 1.29 is 4.74 Å². The zero-order valence-electron chi connectivity index (χ0n) is 9.48. The van der Waals surface area contributed by atoms with Gasteiger partial charge in [0.05, 0.1) is 0 Å². The Bertz CT molecular complexity index is 327. The molecule has 0 aliphatic heterocycles. The predicted octanol–water partition coefficient (Wildman–Crippen LogP) is 3.57. The maximum atomic E-state index is 5.68. The highest BCUT2D eigenvalue weighted by Gasteiger charge is 2.04. The van der Waals surface area contributed by atoms with Gasteiger partial charge in [-0.05, 0) is 44.4 Å². The van der Waals surface area contributed by atoms with Crippen molar-refractivity contribution in [2.75, 3.05) is 6.61 Å². The Morgan fingerprint density at radius 3 is 2.14 bits per heavy atom. The zero-order chi connectivity index (χ0) is 10.7. The van der Waals surface area contributed by atoms with Crippen LogP contribution in [0, 0.1) is 20.8 Å². The molecule has 0 heterocycles. The number of hydrogen-bond acceptors (Lipinski definition) is 1. The molecular formula is C13H18O. The molecule has 0 aliphatic carbocycles. The number of benzene rings is 1. The van der Waals surface area contributed by atoms with E-state index in [9.17, 15) is 0 Å². The first-order chi connectivity index (χ1) is 6.50. The maximum absolute atomic E-state index is 5.68. The van der Waals surface area contributed by atoms with E-state index in [4.69, 9.17) is 4.74 Å². The average Bonchev–Trinajstić information content (AvgIpc) is 2.01. The van der Waals surface area contributed by atoms with Gasteiger partial charge in [0.15, 0.2) is 0 Å². The van der Waals surface area contributed by atoms with Gasteiger partial charge in [-0.25, -0.2) is 0 Å². The maximum Gasteiger partial charge on any atom is 0.125 e. The van der Waals surface area contributed by atoms with Crippen molar-refractivity contribution in [3.05, 3.63) is 41.0 Å². The minimum absolute atomic E-state index is 0.602. The Balaban J connectivity index is 2.91. The molecule has 0 radical (unpaired) electrons. The van der Waals surface area contributed by atoms with Crippen molar-refractivity contribution in [1.82, 2.24) is 0 Å².